The Morgan fingerprint density at radius 1 is 0.265 bits per heavy atom. The Labute approximate surface area is 170 Å². The third-order valence-corrected chi connectivity index (χ3v) is 5.68. The van der Waals surface area contributed by atoms with Crippen molar-refractivity contribution >= 4 is 8.80 Å². The minimum atomic E-state index is -9.27. The van der Waals surface area contributed by atoms with Crippen molar-refractivity contribution < 1.29 is 101 Å². The number of hydrogen-bond acceptors (Lipinski definition) is 0. The molecule has 0 aliphatic rings. The molecule has 1 radical (unpaired) electrons. The van der Waals surface area contributed by atoms with Crippen LogP contribution in [-0.2, 0) is 0 Å². The Bertz CT molecular complexity index is 718. The molecule has 0 aromatic heterocycles. The molecule has 24 heteroatoms. The number of halogens is 23. The topological polar surface area (TPSA) is 0 Å². The van der Waals surface area contributed by atoms with Crippen LogP contribution in [0.25, 0.3) is 0 Å². The van der Waals surface area contributed by atoms with Crippen molar-refractivity contribution in [1.29, 1.82) is 0 Å². The second-order valence-corrected chi connectivity index (χ2v) is 8.40. The molecule has 0 N–H and O–H groups in total. The first-order chi connectivity index (χ1) is 14.1. The van der Waals surface area contributed by atoms with Gasteiger partial charge in [-0.25, -0.2) is 8.78 Å². The van der Waals surface area contributed by atoms with Gasteiger partial charge < -0.3 is 0 Å². The highest BCUT2D eigenvalue weighted by Crippen LogP contribution is 2.65. The summed E-state index contributed by atoms with van der Waals surface area (Å²) in [5.41, 5.74) is -8.57. The van der Waals surface area contributed by atoms with Gasteiger partial charge in [-0.3, -0.25) is 0 Å². The normalized spacial score (nSPS) is 16.9. The lowest BCUT2D eigenvalue weighted by atomic mass is 9.91. The van der Waals surface area contributed by atoms with E-state index in [1.165, 1.54) is 0 Å². The van der Waals surface area contributed by atoms with E-state index < -0.39 is 67.7 Å². The van der Waals surface area contributed by atoms with Gasteiger partial charge in [-0.15, -0.1) is 0 Å². The van der Waals surface area contributed by atoms with E-state index in [1.807, 2.05) is 0 Å². The van der Waals surface area contributed by atoms with Gasteiger partial charge in [0.25, 0.3) is 0 Å². The third-order valence-electron chi connectivity index (χ3n) is 3.60. The van der Waals surface area contributed by atoms with Gasteiger partial charge in [0.2, 0.25) is 0 Å². The van der Waals surface area contributed by atoms with Crippen LogP contribution in [0.15, 0.2) is 0 Å². The Morgan fingerprint density at radius 2 is 0.471 bits per heavy atom. The summed E-state index contributed by atoms with van der Waals surface area (Å²) in [4.78, 5) is 0. The molecule has 0 heterocycles. The van der Waals surface area contributed by atoms with Gasteiger partial charge in [0.1, 0.15) is 0 Å². The predicted octanol–water partition coefficient (Wildman–Crippen LogP) is 7.23. The molecule has 0 unspecified atom stereocenters. The molecule has 0 spiro atoms. The molecule has 205 valence electrons. The van der Waals surface area contributed by atoms with Crippen molar-refractivity contribution in [3.63, 3.8) is 0 Å². The van der Waals surface area contributed by atoms with Crippen LogP contribution in [0.4, 0.5) is 101 Å². The average molecular weight is 585 g/mol. The molecular weight excluding hydrogens is 585 g/mol. The Kier molecular flexibility index (Phi) is 7.48. The molecule has 34 heavy (non-hydrogen) atoms. The molecule has 0 aliphatic heterocycles. The van der Waals surface area contributed by atoms with Crippen molar-refractivity contribution in [2.75, 3.05) is 0 Å². The van der Waals surface area contributed by atoms with Crippen LogP contribution in [0.2, 0.25) is 0 Å². The third kappa shape index (κ3) is 4.23. The molecule has 0 aromatic carbocycles. The lowest BCUT2D eigenvalue weighted by Crippen LogP contribution is -2.77. The zero-order chi connectivity index (χ0) is 28.6. The highest BCUT2D eigenvalue weighted by atomic mass is 28.3. The number of hydrogen-bond donors (Lipinski definition) is 0. The van der Waals surface area contributed by atoms with Crippen LogP contribution < -0.4 is 0 Å². The van der Waals surface area contributed by atoms with Crippen LogP contribution in [0, 0.1) is 0 Å². The molecule has 0 aromatic rings. The zero-order valence-electron chi connectivity index (χ0n) is 14.2. The van der Waals surface area contributed by atoms with E-state index in [-0.39, 0.29) is 0 Å². The first-order valence-electron chi connectivity index (χ1n) is 6.85. The van der Waals surface area contributed by atoms with Gasteiger partial charge in [0.05, 0.1) is 0 Å². The largest absolute Gasteiger partial charge is 0.460 e. The van der Waals surface area contributed by atoms with E-state index in [0.717, 1.165) is 0 Å². The maximum absolute atomic E-state index is 13.3. The second kappa shape index (κ2) is 7.80. The van der Waals surface area contributed by atoms with E-state index in [4.69, 9.17) is 0 Å². The molecule has 0 rings (SSSR count). The molecule has 0 nitrogen and oxygen atoms in total. The van der Waals surface area contributed by atoms with E-state index >= 15 is 0 Å². The van der Waals surface area contributed by atoms with E-state index in [0.29, 0.717) is 0 Å². The first kappa shape index (κ1) is 32.6. The van der Waals surface area contributed by atoms with Gasteiger partial charge in [0.15, 0.2) is 0 Å². The Morgan fingerprint density at radius 3 is 0.676 bits per heavy atom. The summed E-state index contributed by atoms with van der Waals surface area (Å²) in [6, 6.07) is 0. The Balaban J connectivity index is 7.13. The van der Waals surface area contributed by atoms with Gasteiger partial charge in [-0.1, -0.05) is 0 Å². The van der Waals surface area contributed by atoms with E-state index in [2.05, 4.69) is 0 Å². The SMILES string of the molecule is FC(F)(F)[Si](C(F)(F)F)C(F)(F)C(F)(F)C(F)(F)C(F)(F)C(F)(F)C(F)(F)C(F)(F)C(F)(F)F. The van der Waals surface area contributed by atoms with Crippen LogP contribution in [0.3, 0.4) is 0 Å². The summed E-state index contributed by atoms with van der Waals surface area (Å²) in [5, 5.41) is 0. The summed E-state index contributed by atoms with van der Waals surface area (Å²) in [6.45, 7) is 0. The molecule has 0 fully saturated rings. The van der Waals surface area contributed by atoms with Gasteiger partial charge >= 0.3 is 67.7 Å². The molecule has 0 saturated carbocycles. The van der Waals surface area contributed by atoms with Gasteiger partial charge in [-0.2, -0.15) is 92.2 Å². The summed E-state index contributed by atoms with van der Waals surface area (Å²) in [6.07, 6.45) is -8.06. The van der Waals surface area contributed by atoms with Crippen LogP contribution in [-0.4, -0.2) is 67.7 Å². The van der Waals surface area contributed by atoms with Gasteiger partial charge in [0, 0.05) is 0 Å². The monoisotopic (exact) mass is 585 g/mol. The zero-order valence-corrected chi connectivity index (χ0v) is 15.2. The number of rotatable bonds is 7. The summed E-state index contributed by atoms with van der Waals surface area (Å²) >= 11 is 0. The van der Waals surface area contributed by atoms with Crippen LogP contribution in [0.5, 0.6) is 0 Å². The minimum Gasteiger partial charge on any atom is -0.204 e. The van der Waals surface area contributed by atoms with E-state index in [9.17, 15) is 101 Å². The predicted molar refractivity (Wildman–Crippen MR) is 58.5 cm³/mol. The minimum absolute atomic E-state index is 7.71. The summed E-state index contributed by atoms with van der Waals surface area (Å²) in [7, 11) is -8.44. The fourth-order valence-corrected chi connectivity index (χ4v) is 3.34. The maximum atomic E-state index is 13.3. The van der Waals surface area contributed by atoms with Crippen LogP contribution in [0.1, 0.15) is 0 Å². The molecule has 0 aliphatic carbocycles. The molecule has 0 amide bonds. The smallest absolute Gasteiger partial charge is 0.204 e. The highest BCUT2D eigenvalue weighted by molar-refractivity contribution is 6.66. The van der Waals surface area contributed by atoms with Crippen molar-refractivity contribution in [2.24, 2.45) is 0 Å². The first-order valence-corrected chi connectivity index (χ1v) is 8.35. The molecule has 0 atom stereocenters. The van der Waals surface area contributed by atoms with Crippen molar-refractivity contribution in [3.05, 3.63) is 0 Å². The maximum Gasteiger partial charge on any atom is 0.460 e. The van der Waals surface area contributed by atoms with Gasteiger partial charge in [-0.05, 0) is 0 Å². The summed E-state index contributed by atoms with van der Waals surface area (Å²) in [5.74, 6) is -69.6. The lowest BCUT2D eigenvalue weighted by Gasteiger charge is -2.43. The quantitative estimate of drug-likeness (QED) is 0.219. The second-order valence-electron chi connectivity index (χ2n) is 5.89. The number of alkyl halides is 23. The fraction of sp³-hybridized carbons (Fsp3) is 1.00. The van der Waals surface area contributed by atoms with Crippen molar-refractivity contribution in [2.45, 2.75) is 58.9 Å². The average Bonchev–Trinajstić information content (AvgIpc) is 2.48. The standard InChI is InChI=1S/C10F23Si/c11-1(12,3(15,16)5(19,20)7(23,24)25)2(13,14)4(17,18)6(21,22)8(26,27)34(9(28,29)30)10(31,32)33. The van der Waals surface area contributed by atoms with Crippen molar-refractivity contribution in [3.8, 4) is 0 Å². The molecule has 0 saturated heterocycles. The molecule has 0 bridgehead atoms. The highest BCUT2D eigenvalue weighted by Gasteiger charge is 2.97. The lowest BCUT2D eigenvalue weighted by molar-refractivity contribution is -0.459. The van der Waals surface area contributed by atoms with Crippen molar-refractivity contribution in [1.82, 2.24) is 0 Å². The van der Waals surface area contributed by atoms with Crippen LogP contribution >= 0.6 is 0 Å². The molecular formula is C10F23Si. The Hall–Kier alpha value is -1.39. The fourth-order valence-electron chi connectivity index (χ4n) is 1.84. The summed E-state index contributed by atoms with van der Waals surface area (Å²) < 4.78 is 292. The van der Waals surface area contributed by atoms with E-state index in [1.54, 1.807) is 0 Å².